The second-order valence-electron chi connectivity index (χ2n) is 5.06. The highest BCUT2D eigenvalue weighted by Gasteiger charge is 2.14. The van der Waals surface area contributed by atoms with Gasteiger partial charge in [0.1, 0.15) is 11.4 Å². The van der Waals surface area contributed by atoms with Gasteiger partial charge in [0.2, 0.25) is 0 Å². The van der Waals surface area contributed by atoms with Gasteiger partial charge >= 0.3 is 0 Å². The Labute approximate surface area is 138 Å². The standard InChI is InChI=1S/C17H9FN2O3S/c18-9-5-6-11-15(7-9)24-17(19-11)20-16(22)14-8-12(21)10-3-1-2-4-13(10)23-14/h1-8H,(H,19,20,22). The second-order valence-corrected chi connectivity index (χ2v) is 6.09. The summed E-state index contributed by atoms with van der Waals surface area (Å²) in [4.78, 5) is 28.5. The van der Waals surface area contributed by atoms with E-state index in [4.69, 9.17) is 4.42 Å². The third-order valence-corrected chi connectivity index (χ3v) is 4.36. The Morgan fingerprint density at radius 1 is 1.17 bits per heavy atom. The Kier molecular flexibility index (Phi) is 3.35. The lowest BCUT2D eigenvalue weighted by atomic mass is 10.2. The van der Waals surface area contributed by atoms with E-state index in [2.05, 4.69) is 10.3 Å². The van der Waals surface area contributed by atoms with E-state index in [1.807, 2.05) is 0 Å². The number of nitrogens with zero attached hydrogens (tertiary/aromatic N) is 1. The van der Waals surface area contributed by atoms with Crippen LogP contribution in [0.15, 0.2) is 57.7 Å². The molecule has 2 aromatic carbocycles. The highest BCUT2D eigenvalue weighted by Crippen LogP contribution is 2.26. The van der Waals surface area contributed by atoms with Crippen molar-refractivity contribution in [2.75, 3.05) is 5.32 Å². The monoisotopic (exact) mass is 340 g/mol. The molecule has 2 heterocycles. The van der Waals surface area contributed by atoms with Crippen LogP contribution in [0.25, 0.3) is 21.2 Å². The number of para-hydroxylation sites is 1. The number of hydrogen-bond acceptors (Lipinski definition) is 5. The Morgan fingerprint density at radius 2 is 2.00 bits per heavy atom. The first-order valence-corrected chi connectivity index (χ1v) is 7.82. The SMILES string of the molecule is O=C(Nc1nc2ccc(F)cc2s1)c1cc(=O)c2ccccc2o1. The van der Waals surface area contributed by atoms with Crippen LogP contribution in [-0.4, -0.2) is 10.9 Å². The van der Waals surface area contributed by atoms with Crippen LogP contribution in [0.2, 0.25) is 0 Å². The van der Waals surface area contributed by atoms with Crippen molar-refractivity contribution in [1.82, 2.24) is 4.98 Å². The normalized spacial score (nSPS) is 11.0. The van der Waals surface area contributed by atoms with Crippen molar-refractivity contribution in [2.24, 2.45) is 0 Å². The predicted molar refractivity (Wildman–Crippen MR) is 90.0 cm³/mol. The van der Waals surface area contributed by atoms with E-state index >= 15 is 0 Å². The number of fused-ring (bicyclic) bond motifs is 2. The highest BCUT2D eigenvalue weighted by atomic mass is 32.1. The van der Waals surface area contributed by atoms with Gasteiger partial charge in [0.25, 0.3) is 5.91 Å². The molecule has 0 aliphatic carbocycles. The number of halogens is 1. The Balaban J connectivity index is 1.69. The van der Waals surface area contributed by atoms with E-state index in [-0.39, 0.29) is 17.0 Å². The van der Waals surface area contributed by atoms with Gasteiger partial charge in [-0.2, -0.15) is 0 Å². The molecular formula is C17H9FN2O3S. The molecular weight excluding hydrogens is 331 g/mol. The van der Waals surface area contributed by atoms with Crippen LogP contribution in [0.5, 0.6) is 0 Å². The molecule has 24 heavy (non-hydrogen) atoms. The minimum absolute atomic E-state index is 0.107. The van der Waals surface area contributed by atoms with Crippen LogP contribution < -0.4 is 10.7 Å². The summed E-state index contributed by atoms with van der Waals surface area (Å²) < 4.78 is 19.3. The molecule has 4 aromatic rings. The third kappa shape index (κ3) is 2.55. The number of nitrogens with one attached hydrogen (secondary N) is 1. The largest absolute Gasteiger partial charge is 0.451 e. The molecule has 4 rings (SSSR count). The molecule has 0 spiro atoms. The van der Waals surface area contributed by atoms with Crippen molar-refractivity contribution >= 4 is 43.6 Å². The average Bonchev–Trinajstić information content (AvgIpc) is 2.96. The van der Waals surface area contributed by atoms with Crippen LogP contribution in [0.4, 0.5) is 9.52 Å². The Morgan fingerprint density at radius 3 is 2.88 bits per heavy atom. The second kappa shape index (κ2) is 5.54. The molecule has 118 valence electrons. The highest BCUT2D eigenvalue weighted by molar-refractivity contribution is 7.22. The van der Waals surface area contributed by atoms with Gasteiger partial charge in [-0.05, 0) is 30.3 Å². The molecule has 0 saturated heterocycles. The molecule has 0 atom stereocenters. The molecule has 0 unspecified atom stereocenters. The maximum absolute atomic E-state index is 13.2. The molecule has 0 bridgehead atoms. The van der Waals surface area contributed by atoms with E-state index in [1.54, 1.807) is 24.3 Å². The summed E-state index contributed by atoms with van der Waals surface area (Å²) in [5.41, 5.74) is 0.617. The predicted octanol–water partition coefficient (Wildman–Crippen LogP) is 3.79. The third-order valence-electron chi connectivity index (χ3n) is 3.43. The topological polar surface area (TPSA) is 72.2 Å². The first kappa shape index (κ1) is 14.5. The summed E-state index contributed by atoms with van der Waals surface area (Å²) in [5.74, 6) is -1.06. The number of benzene rings is 2. The molecule has 1 amide bonds. The summed E-state index contributed by atoms with van der Waals surface area (Å²) in [6.07, 6.45) is 0. The zero-order chi connectivity index (χ0) is 16.7. The Hall–Kier alpha value is -3.06. The van der Waals surface area contributed by atoms with E-state index in [0.717, 1.165) is 17.4 Å². The number of hydrogen-bond donors (Lipinski definition) is 1. The fourth-order valence-electron chi connectivity index (χ4n) is 2.33. The number of anilines is 1. The summed E-state index contributed by atoms with van der Waals surface area (Å²) in [6, 6.07) is 12.0. The number of aromatic nitrogens is 1. The van der Waals surface area contributed by atoms with Crippen LogP contribution in [-0.2, 0) is 0 Å². The number of amides is 1. The number of thiazole rings is 1. The lowest BCUT2D eigenvalue weighted by molar-refractivity contribution is 0.0997. The molecule has 5 nitrogen and oxygen atoms in total. The van der Waals surface area contributed by atoms with Crippen LogP contribution in [0.3, 0.4) is 0 Å². The zero-order valence-corrected chi connectivity index (χ0v) is 12.9. The molecule has 0 radical (unpaired) electrons. The quantitative estimate of drug-likeness (QED) is 0.602. The van der Waals surface area contributed by atoms with Gasteiger partial charge in [0, 0.05) is 6.07 Å². The van der Waals surface area contributed by atoms with Gasteiger partial charge in [-0.25, -0.2) is 9.37 Å². The smallest absolute Gasteiger partial charge is 0.293 e. The van der Waals surface area contributed by atoms with Crippen molar-refractivity contribution in [1.29, 1.82) is 0 Å². The molecule has 7 heteroatoms. The molecule has 0 aliphatic heterocycles. The van der Waals surface area contributed by atoms with Crippen molar-refractivity contribution in [3.8, 4) is 0 Å². The van der Waals surface area contributed by atoms with Crippen LogP contribution in [0, 0.1) is 5.82 Å². The van der Waals surface area contributed by atoms with Gasteiger partial charge in [0.05, 0.1) is 15.6 Å². The maximum atomic E-state index is 13.2. The fourth-order valence-corrected chi connectivity index (χ4v) is 3.21. The summed E-state index contributed by atoms with van der Waals surface area (Å²) in [6.45, 7) is 0. The number of rotatable bonds is 2. The van der Waals surface area contributed by atoms with Crippen LogP contribution in [0.1, 0.15) is 10.6 Å². The minimum atomic E-state index is -0.586. The van der Waals surface area contributed by atoms with Crippen molar-refractivity contribution < 1.29 is 13.6 Å². The molecule has 0 fully saturated rings. The van der Waals surface area contributed by atoms with E-state index in [0.29, 0.717) is 26.3 Å². The van der Waals surface area contributed by atoms with Gasteiger partial charge in [0.15, 0.2) is 16.3 Å². The Bertz CT molecular complexity index is 1150. The summed E-state index contributed by atoms with van der Waals surface area (Å²) in [5, 5.41) is 3.28. The van der Waals surface area contributed by atoms with Gasteiger partial charge < -0.3 is 4.42 Å². The van der Waals surface area contributed by atoms with Crippen molar-refractivity contribution in [3.63, 3.8) is 0 Å². The zero-order valence-electron chi connectivity index (χ0n) is 12.1. The van der Waals surface area contributed by atoms with E-state index in [1.165, 1.54) is 18.2 Å². The number of carbonyl (C=O) groups excluding carboxylic acids is 1. The fraction of sp³-hybridized carbons (Fsp3) is 0. The summed E-state index contributed by atoms with van der Waals surface area (Å²) in [7, 11) is 0. The van der Waals surface area contributed by atoms with Crippen molar-refractivity contribution in [2.45, 2.75) is 0 Å². The van der Waals surface area contributed by atoms with E-state index < -0.39 is 5.91 Å². The lowest BCUT2D eigenvalue weighted by Gasteiger charge is -2.02. The van der Waals surface area contributed by atoms with Gasteiger partial charge in [-0.1, -0.05) is 23.5 Å². The first-order chi connectivity index (χ1) is 11.6. The van der Waals surface area contributed by atoms with Gasteiger partial charge in [-0.3, -0.25) is 14.9 Å². The molecule has 0 saturated carbocycles. The van der Waals surface area contributed by atoms with E-state index in [9.17, 15) is 14.0 Å². The average molecular weight is 340 g/mol. The molecule has 2 aromatic heterocycles. The maximum Gasteiger partial charge on any atom is 0.293 e. The van der Waals surface area contributed by atoms with Gasteiger partial charge in [-0.15, -0.1) is 0 Å². The number of carbonyl (C=O) groups is 1. The minimum Gasteiger partial charge on any atom is -0.451 e. The molecule has 1 N–H and O–H groups in total. The van der Waals surface area contributed by atoms with Crippen LogP contribution >= 0.6 is 11.3 Å². The lowest BCUT2D eigenvalue weighted by Crippen LogP contribution is -2.14. The molecule has 0 aliphatic rings. The summed E-state index contributed by atoms with van der Waals surface area (Å²) >= 11 is 1.14. The first-order valence-electron chi connectivity index (χ1n) is 7.00. The van der Waals surface area contributed by atoms with Crippen molar-refractivity contribution in [3.05, 3.63) is 70.3 Å².